The van der Waals surface area contributed by atoms with E-state index in [0.717, 1.165) is 62.2 Å². The maximum atomic E-state index is 6.44. The van der Waals surface area contributed by atoms with E-state index in [4.69, 9.17) is 15.7 Å². The van der Waals surface area contributed by atoms with Gasteiger partial charge in [0, 0.05) is 27.2 Å². The molecule has 2 aliphatic carbocycles. The third-order valence-electron chi connectivity index (χ3n) is 6.14. The van der Waals surface area contributed by atoms with Crippen molar-refractivity contribution in [3.63, 3.8) is 0 Å². The summed E-state index contributed by atoms with van der Waals surface area (Å²) in [5, 5.41) is 4.51. The lowest BCUT2D eigenvalue weighted by atomic mass is 9.86. The number of nitrogens with zero attached hydrogens (tertiary/aromatic N) is 4. The van der Waals surface area contributed by atoms with E-state index in [-0.39, 0.29) is 0 Å². The lowest BCUT2D eigenvalue weighted by Crippen LogP contribution is -2.16. The zero-order valence-electron chi connectivity index (χ0n) is 16.1. The van der Waals surface area contributed by atoms with Gasteiger partial charge >= 0.3 is 0 Å². The third-order valence-corrected chi connectivity index (χ3v) is 8.19. The quantitative estimate of drug-likeness (QED) is 0.306. The number of nitrogens with two attached hydrogens (primary N) is 1. The predicted octanol–water partition coefficient (Wildman–Crippen LogP) is 6.16. The average Bonchev–Trinajstić information content (AvgIpc) is 3.42. The first kappa shape index (κ1) is 19.5. The summed E-state index contributed by atoms with van der Waals surface area (Å²) in [6.07, 6.45) is 14.4. The van der Waals surface area contributed by atoms with E-state index in [1.54, 1.807) is 4.52 Å². The van der Waals surface area contributed by atoms with Gasteiger partial charge in [0.25, 0.3) is 0 Å². The van der Waals surface area contributed by atoms with Gasteiger partial charge in [0.1, 0.15) is 5.82 Å². The molecule has 5 rings (SSSR count). The minimum absolute atomic E-state index is 0.445. The molecule has 29 heavy (non-hydrogen) atoms. The number of allylic oxidation sites excluding steroid dienone is 2. The summed E-state index contributed by atoms with van der Waals surface area (Å²) in [6.45, 7) is 0. The molecule has 0 radical (unpaired) electrons. The van der Waals surface area contributed by atoms with Crippen LogP contribution < -0.4 is 5.73 Å². The van der Waals surface area contributed by atoms with Gasteiger partial charge in [-0.15, -0.1) is 0 Å². The first-order valence-corrected chi connectivity index (χ1v) is 12.3. The second kappa shape index (κ2) is 7.98. The van der Waals surface area contributed by atoms with Crippen molar-refractivity contribution in [1.29, 1.82) is 0 Å². The number of fused-ring (bicyclic) bond motifs is 1. The monoisotopic (exact) mass is 563 g/mol. The maximum absolute atomic E-state index is 6.44. The summed E-state index contributed by atoms with van der Waals surface area (Å²) in [5.41, 5.74) is 12.8. The van der Waals surface area contributed by atoms with Gasteiger partial charge in [-0.25, -0.2) is 4.98 Å². The second-order valence-corrected chi connectivity index (χ2v) is 10.5. The normalized spacial score (nSPS) is 22.2. The molecule has 3 aromatic heterocycles. The molecule has 1 fully saturated rings. The number of aromatic nitrogens is 4. The standard InChI is InChI=1S/C22H23BrIN5/c23-19-20(14-5-8-16(24)9-6-14)28-22-17(12-27-29(22)21(19)25)15-7-10-18(26-11-15)13-3-1-2-4-13/h3,7,10-12,14,16H,1-2,4-6,8-9,25H2. The topological polar surface area (TPSA) is 69.1 Å². The summed E-state index contributed by atoms with van der Waals surface area (Å²) >= 11 is 6.26. The van der Waals surface area contributed by atoms with Crippen LogP contribution in [-0.2, 0) is 0 Å². The Morgan fingerprint density at radius 2 is 1.97 bits per heavy atom. The van der Waals surface area contributed by atoms with Crippen LogP contribution in [-0.4, -0.2) is 23.5 Å². The minimum atomic E-state index is 0.445. The lowest BCUT2D eigenvalue weighted by molar-refractivity contribution is 0.453. The second-order valence-electron chi connectivity index (χ2n) is 7.99. The van der Waals surface area contributed by atoms with Crippen molar-refractivity contribution >= 4 is 55.6 Å². The molecule has 150 valence electrons. The Bertz CT molecular complexity index is 1080. The van der Waals surface area contributed by atoms with Gasteiger partial charge in [0.05, 0.1) is 22.1 Å². The fourth-order valence-electron chi connectivity index (χ4n) is 4.46. The number of halogens is 2. The molecule has 3 aromatic rings. The van der Waals surface area contributed by atoms with Crippen molar-refractivity contribution in [2.45, 2.75) is 54.8 Å². The average molecular weight is 564 g/mol. The van der Waals surface area contributed by atoms with Crippen molar-refractivity contribution in [2.75, 3.05) is 5.73 Å². The molecule has 0 aromatic carbocycles. The molecule has 1 saturated carbocycles. The zero-order chi connectivity index (χ0) is 20.0. The molecule has 0 atom stereocenters. The summed E-state index contributed by atoms with van der Waals surface area (Å²) in [7, 11) is 0. The van der Waals surface area contributed by atoms with Crippen LogP contribution in [0.4, 0.5) is 5.82 Å². The van der Waals surface area contributed by atoms with Gasteiger partial charge in [-0.2, -0.15) is 9.61 Å². The highest BCUT2D eigenvalue weighted by atomic mass is 127. The van der Waals surface area contributed by atoms with Crippen molar-refractivity contribution in [3.05, 3.63) is 46.5 Å². The van der Waals surface area contributed by atoms with Gasteiger partial charge in [-0.1, -0.05) is 34.7 Å². The number of anilines is 1. The minimum Gasteiger partial charge on any atom is -0.383 e. The highest BCUT2D eigenvalue weighted by molar-refractivity contribution is 14.1. The molecule has 0 bridgehead atoms. The molecular weight excluding hydrogens is 541 g/mol. The number of alkyl halides is 1. The van der Waals surface area contributed by atoms with Gasteiger partial charge < -0.3 is 5.73 Å². The van der Waals surface area contributed by atoms with Gasteiger partial charge in [0.15, 0.2) is 5.65 Å². The molecule has 3 heterocycles. The highest BCUT2D eigenvalue weighted by Gasteiger charge is 2.26. The number of hydrogen-bond donors (Lipinski definition) is 1. The van der Waals surface area contributed by atoms with Crippen molar-refractivity contribution < 1.29 is 0 Å². The van der Waals surface area contributed by atoms with E-state index >= 15 is 0 Å². The number of pyridine rings is 1. The molecule has 2 aliphatic rings. The van der Waals surface area contributed by atoms with Gasteiger partial charge in [0.2, 0.25) is 0 Å². The van der Waals surface area contributed by atoms with E-state index in [9.17, 15) is 0 Å². The fourth-order valence-corrected chi connectivity index (χ4v) is 5.76. The van der Waals surface area contributed by atoms with Gasteiger partial charge in [-0.05, 0) is 72.5 Å². The molecule has 0 amide bonds. The van der Waals surface area contributed by atoms with Crippen LogP contribution in [0.15, 0.2) is 35.1 Å². The van der Waals surface area contributed by atoms with Gasteiger partial charge in [-0.3, -0.25) is 4.98 Å². The van der Waals surface area contributed by atoms with Crippen LogP contribution in [0.5, 0.6) is 0 Å². The predicted molar refractivity (Wildman–Crippen MR) is 129 cm³/mol. The number of rotatable bonds is 3. The molecule has 2 N–H and O–H groups in total. The van der Waals surface area contributed by atoms with Crippen molar-refractivity contribution in [1.82, 2.24) is 19.6 Å². The Hall–Kier alpha value is -1.48. The van der Waals surface area contributed by atoms with Crippen LogP contribution in [0, 0.1) is 0 Å². The molecule has 7 heteroatoms. The molecule has 0 aliphatic heterocycles. The summed E-state index contributed by atoms with van der Waals surface area (Å²) in [5.74, 6) is 1.06. The first-order chi connectivity index (χ1) is 14.1. The Morgan fingerprint density at radius 1 is 1.14 bits per heavy atom. The summed E-state index contributed by atoms with van der Waals surface area (Å²) in [6, 6.07) is 4.24. The molecule has 5 nitrogen and oxygen atoms in total. The maximum Gasteiger partial charge on any atom is 0.165 e. The van der Waals surface area contributed by atoms with Crippen LogP contribution in [0.1, 0.15) is 62.3 Å². The summed E-state index contributed by atoms with van der Waals surface area (Å²) < 4.78 is 3.40. The van der Waals surface area contributed by atoms with Crippen molar-refractivity contribution in [2.24, 2.45) is 0 Å². The van der Waals surface area contributed by atoms with Crippen LogP contribution >= 0.6 is 38.5 Å². The number of hydrogen-bond acceptors (Lipinski definition) is 4. The molecular formula is C22H23BrIN5. The third kappa shape index (κ3) is 3.60. The van der Waals surface area contributed by atoms with Crippen molar-refractivity contribution in [3.8, 4) is 11.1 Å². The van der Waals surface area contributed by atoms with Crippen LogP contribution in [0.3, 0.4) is 0 Å². The smallest absolute Gasteiger partial charge is 0.165 e. The Labute approximate surface area is 192 Å². The van der Waals surface area contributed by atoms with E-state index in [2.05, 4.69) is 61.8 Å². The van der Waals surface area contributed by atoms with E-state index in [1.807, 2.05) is 12.4 Å². The first-order valence-electron chi connectivity index (χ1n) is 10.2. The Kier molecular flexibility index (Phi) is 5.36. The van der Waals surface area contributed by atoms with E-state index in [1.165, 1.54) is 24.8 Å². The Balaban J connectivity index is 1.55. The lowest BCUT2D eigenvalue weighted by Gasteiger charge is -2.26. The van der Waals surface area contributed by atoms with Crippen LogP contribution in [0.2, 0.25) is 0 Å². The van der Waals surface area contributed by atoms with E-state index < -0.39 is 0 Å². The SMILES string of the molecule is Nc1c(Br)c(C2CCC(I)CC2)nc2c(-c3ccc(C4=CCCC4)nc3)cnn12. The fraction of sp³-hybridized carbons (Fsp3) is 0.409. The van der Waals surface area contributed by atoms with E-state index in [0.29, 0.717) is 11.7 Å². The van der Waals surface area contributed by atoms with Crippen LogP contribution in [0.25, 0.3) is 22.3 Å². The zero-order valence-corrected chi connectivity index (χ0v) is 19.9. The molecule has 0 saturated heterocycles. The number of nitrogen functional groups attached to an aromatic ring is 1. The largest absolute Gasteiger partial charge is 0.383 e. The molecule has 0 spiro atoms. The molecule has 0 unspecified atom stereocenters. The highest BCUT2D eigenvalue weighted by Crippen LogP contribution is 2.40. The summed E-state index contributed by atoms with van der Waals surface area (Å²) in [4.78, 5) is 9.76. The Morgan fingerprint density at radius 3 is 2.66 bits per heavy atom.